The van der Waals surface area contributed by atoms with Gasteiger partial charge in [-0.25, -0.2) is 4.98 Å². The number of anilines is 2. The molecule has 0 spiro atoms. The maximum absolute atomic E-state index is 12.1. The van der Waals surface area contributed by atoms with Gasteiger partial charge < -0.3 is 21.5 Å². The van der Waals surface area contributed by atoms with Gasteiger partial charge in [0.25, 0.3) is 5.91 Å². The number of nitrogen functional groups attached to an aromatic ring is 1. The summed E-state index contributed by atoms with van der Waals surface area (Å²) in [6.45, 7) is 8.56. The van der Waals surface area contributed by atoms with Crippen molar-refractivity contribution in [2.45, 2.75) is 40.2 Å². The lowest BCUT2D eigenvalue weighted by Gasteiger charge is -2.23. The fraction of sp³-hybridized carbons (Fsp3) is 0.692. The number of amides is 1. The zero-order valence-electron chi connectivity index (χ0n) is 12.5. The standard InChI is InChI=1S/C13H24N4O2S/c1-8(2)16-12-17-10(14)9(20-12)11(19)15-7-13(3,4)5-6-18/h8,18H,5-7,14H2,1-4H3,(H,15,19)(H,16,17). The number of nitrogens with zero attached hydrogens (tertiary/aromatic N) is 1. The molecule has 0 unspecified atom stereocenters. The van der Waals surface area contributed by atoms with Gasteiger partial charge in [0.2, 0.25) is 0 Å². The molecule has 0 aromatic carbocycles. The van der Waals surface area contributed by atoms with Gasteiger partial charge in [0.15, 0.2) is 5.13 Å². The average molecular weight is 300 g/mol. The van der Waals surface area contributed by atoms with Crippen LogP contribution in [0.1, 0.15) is 43.8 Å². The number of nitrogens with one attached hydrogen (secondary N) is 2. The fourth-order valence-corrected chi connectivity index (χ4v) is 2.54. The molecule has 0 aliphatic carbocycles. The molecule has 0 saturated heterocycles. The number of rotatable bonds is 7. The summed E-state index contributed by atoms with van der Waals surface area (Å²) in [5.74, 6) is 0.0263. The summed E-state index contributed by atoms with van der Waals surface area (Å²) >= 11 is 1.25. The van der Waals surface area contributed by atoms with E-state index >= 15 is 0 Å². The van der Waals surface area contributed by atoms with Gasteiger partial charge in [0.05, 0.1) is 0 Å². The zero-order chi connectivity index (χ0) is 15.3. The van der Waals surface area contributed by atoms with Crippen molar-refractivity contribution in [3.05, 3.63) is 4.88 Å². The predicted molar refractivity (Wildman–Crippen MR) is 83.1 cm³/mol. The van der Waals surface area contributed by atoms with Gasteiger partial charge in [0.1, 0.15) is 10.7 Å². The monoisotopic (exact) mass is 300 g/mol. The van der Waals surface area contributed by atoms with Crippen LogP contribution in [0.25, 0.3) is 0 Å². The molecule has 0 aliphatic heterocycles. The highest BCUT2D eigenvalue weighted by Crippen LogP contribution is 2.26. The number of nitrogens with two attached hydrogens (primary N) is 1. The second-order valence-corrected chi connectivity index (χ2v) is 6.85. The topological polar surface area (TPSA) is 100 Å². The van der Waals surface area contributed by atoms with Crippen molar-refractivity contribution in [3.8, 4) is 0 Å². The Labute approximate surface area is 123 Å². The minimum Gasteiger partial charge on any atom is -0.396 e. The van der Waals surface area contributed by atoms with E-state index in [2.05, 4.69) is 15.6 Å². The molecular formula is C13H24N4O2S. The van der Waals surface area contributed by atoms with Crippen LogP contribution in [0.15, 0.2) is 0 Å². The maximum Gasteiger partial charge on any atom is 0.265 e. The van der Waals surface area contributed by atoms with E-state index in [1.165, 1.54) is 11.3 Å². The molecule has 1 heterocycles. The van der Waals surface area contributed by atoms with Crippen molar-refractivity contribution in [1.29, 1.82) is 0 Å². The lowest BCUT2D eigenvalue weighted by molar-refractivity contribution is 0.0933. The maximum atomic E-state index is 12.1. The Morgan fingerprint density at radius 3 is 2.70 bits per heavy atom. The number of hydrogen-bond donors (Lipinski definition) is 4. The first-order chi connectivity index (χ1) is 9.25. The fourth-order valence-electron chi connectivity index (χ4n) is 1.59. The molecule has 0 fully saturated rings. The van der Waals surface area contributed by atoms with E-state index in [9.17, 15) is 4.79 Å². The number of carbonyl (C=O) groups excluding carboxylic acids is 1. The van der Waals surface area contributed by atoms with E-state index in [4.69, 9.17) is 10.8 Å². The van der Waals surface area contributed by atoms with Crippen molar-refractivity contribution in [3.63, 3.8) is 0 Å². The Hall–Kier alpha value is -1.34. The Bertz CT molecular complexity index is 457. The normalized spacial score (nSPS) is 11.7. The highest BCUT2D eigenvalue weighted by molar-refractivity contribution is 7.18. The molecule has 0 bridgehead atoms. The average Bonchev–Trinajstić information content (AvgIpc) is 2.66. The number of aliphatic hydroxyl groups is 1. The Morgan fingerprint density at radius 1 is 1.50 bits per heavy atom. The number of aliphatic hydroxyl groups excluding tert-OH is 1. The van der Waals surface area contributed by atoms with Gasteiger partial charge in [-0.05, 0) is 25.7 Å². The third-order valence-corrected chi connectivity index (χ3v) is 3.79. The molecule has 6 nitrogen and oxygen atoms in total. The first-order valence-electron chi connectivity index (χ1n) is 6.67. The van der Waals surface area contributed by atoms with Crippen LogP contribution >= 0.6 is 11.3 Å². The van der Waals surface area contributed by atoms with Gasteiger partial charge in [0, 0.05) is 19.2 Å². The van der Waals surface area contributed by atoms with E-state index in [0.717, 1.165) is 0 Å². The molecule has 5 N–H and O–H groups in total. The second kappa shape index (κ2) is 6.90. The summed E-state index contributed by atoms with van der Waals surface area (Å²) in [5.41, 5.74) is 5.62. The van der Waals surface area contributed by atoms with Crippen LogP contribution in [0.2, 0.25) is 0 Å². The molecule has 1 aromatic heterocycles. The lowest BCUT2D eigenvalue weighted by atomic mass is 9.90. The number of thiazole rings is 1. The Balaban J connectivity index is 2.66. The summed E-state index contributed by atoms with van der Waals surface area (Å²) in [7, 11) is 0. The van der Waals surface area contributed by atoms with Crippen LogP contribution in [0, 0.1) is 5.41 Å². The molecule has 0 atom stereocenters. The van der Waals surface area contributed by atoms with Gasteiger partial charge in [-0.15, -0.1) is 0 Å². The molecule has 20 heavy (non-hydrogen) atoms. The summed E-state index contributed by atoms with van der Waals surface area (Å²) < 4.78 is 0. The van der Waals surface area contributed by atoms with Gasteiger partial charge >= 0.3 is 0 Å². The van der Waals surface area contributed by atoms with Crippen molar-refractivity contribution in [2.24, 2.45) is 5.41 Å². The molecule has 1 rings (SSSR count). The van der Waals surface area contributed by atoms with E-state index in [1.807, 2.05) is 27.7 Å². The van der Waals surface area contributed by atoms with E-state index in [1.54, 1.807) is 0 Å². The number of carbonyl (C=O) groups is 1. The van der Waals surface area contributed by atoms with Gasteiger partial charge in [-0.3, -0.25) is 4.79 Å². The van der Waals surface area contributed by atoms with Crippen molar-refractivity contribution in [1.82, 2.24) is 10.3 Å². The summed E-state index contributed by atoms with van der Waals surface area (Å²) in [6.07, 6.45) is 0.631. The predicted octanol–water partition coefficient (Wildman–Crippen LogP) is 1.68. The second-order valence-electron chi connectivity index (χ2n) is 5.85. The lowest BCUT2D eigenvalue weighted by Crippen LogP contribution is -2.34. The van der Waals surface area contributed by atoms with Crippen molar-refractivity contribution in [2.75, 3.05) is 24.2 Å². The quantitative estimate of drug-likeness (QED) is 0.614. The largest absolute Gasteiger partial charge is 0.396 e. The minimum atomic E-state index is -0.220. The van der Waals surface area contributed by atoms with Crippen LogP contribution in [0.4, 0.5) is 10.9 Å². The zero-order valence-corrected chi connectivity index (χ0v) is 13.3. The van der Waals surface area contributed by atoms with Crippen LogP contribution in [0.3, 0.4) is 0 Å². The highest BCUT2D eigenvalue weighted by Gasteiger charge is 2.21. The Kier molecular flexibility index (Phi) is 5.76. The van der Waals surface area contributed by atoms with Gasteiger partial charge in [-0.2, -0.15) is 0 Å². The first kappa shape index (κ1) is 16.7. The summed E-state index contributed by atoms with van der Waals surface area (Å²) in [4.78, 5) is 16.7. The van der Waals surface area contributed by atoms with Crippen LogP contribution < -0.4 is 16.4 Å². The third kappa shape index (κ3) is 4.97. The van der Waals surface area contributed by atoms with Crippen molar-refractivity contribution >= 4 is 28.2 Å². The molecule has 1 aromatic rings. The third-order valence-electron chi connectivity index (χ3n) is 2.79. The molecule has 1 amide bonds. The van der Waals surface area contributed by atoms with Crippen molar-refractivity contribution < 1.29 is 9.90 Å². The summed E-state index contributed by atoms with van der Waals surface area (Å²) in [5, 5.41) is 15.6. The SMILES string of the molecule is CC(C)Nc1nc(N)c(C(=O)NCC(C)(C)CCO)s1. The van der Waals surface area contributed by atoms with Crippen LogP contribution in [-0.4, -0.2) is 35.2 Å². The molecule has 7 heteroatoms. The smallest absolute Gasteiger partial charge is 0.265 e. The Morgan fingerprint density at radius 2 is 2.15 bits per heavy atom. The van der Waals surface area contributed by atoms with Crippen LogP contribution in [-0.2, 0) is 0 Å². The van der Waals surface area contributed by atoms with E-state index < -0.39 is 0 Å². The number of hydrogen-bond acceptors (Lipinski definition) is 6. The molecule has 114 valence electrons. The molecular weight excluding hydrogens is 276 g/mol. The van der Waals surface area contributed by atoms with E-state index in [-0.39, 0.29) is 29.8 Å². The summed E-state index contributed by atoms with van der Waals surface area (Å²) in [6, 6.07) is 0.236. The molecule has 0 radical (unpaired) electrons. The van der Waals surface area contributed by atoms with Crippen LogP contribution in [0.5, 0.6) is 0 Å². The molecule has 0 aliphatic rings. The number of aromatic nitrogens is 1. The minimum absolute atomic E-state index is 0.105. The highest BCUT2D eigenvalue weighted by atomic mass is 32.1. The molecule has 0 saturated carbocycles. The van der Waals surface area contributed by atoms with Gasteiger partial charge in [-0.1, -0.05) is 25.2 Å². The first-order valence-corrected chi connectivity index (χ1v) is 7.49. The van der Waals surface area contributed by atoms with E-state index in [0.29, 0.717) is 23.0 Å².